The highest BCUT2D eigenvalue weighted by molar-refractivity contribution is 6.09. The third-order valence-electron chi connectivity index (χ3n) is 1.97. The van der Waals surface area contributed by atoms with Crippen molar-refractivity contribution in [2.75, 3.05) is 5.32 Å². The van der Waals surface area contributed by atoms with Crippen LogP contribution < -0.4 is 5.32 Å². The predicted molar refractivity (Wildman–Crippen MR) is 57.7 cm³/mol. The van der Waals surface area contributed by atoms with Crippen LogP contribution in [0, 0.1) is 0 Å². The van der Waals surface area contributed by atoms with Crippen molar-refractivity contribution in [1.29, 1.82) is 0 Å². The van der Waals surface area contributed by atoms with Gasteiger partial charge in [-0.3, -0.25) is 9.59 Å². The average Bonchev–Trinajstić information content (AvgIpc) is 2.15. The Hall–Kier alpha value is -2.17. The number of carbonyl (C=O) groups is 3. The standard InChI is InChI=1S/C11H11NO4/c1-6(13)8-4-3-5-9(12-7(2)14)10(8)11(15)16/h3-5H,1-2H3,(H,12,14)(H,15,16). The summed E-state index contributed by atoms with van der Waals surface area (Å²) in [7, 11) is 0. The topological polar surface area (TPSA) is 83.5 Å². The van der Waals surface area contributed by atoms with Crippen molar-refractivity contribution in [1.82, 2.24) is 0 Å². The van der Waals surface area contributed by atoms with Gasteiger partial charge in [-0.25, -0.2) is 4.79 Å². The van der Waals surface area contributed by atoms with E-state index in [-0.39, 0.29) is 28.5 Å². The highest BCUT2D eigenvalue weighted by Gasteiger charge is 2.18. The Morgan fingerprint density at radius 1 is 1.19 bits per heavy atom. The maximum Gasteiger partial charge on any atom is 0.338 e. The molecule has 5 heteroatoms. The number of anilines is 1. The molecule has 0 saturated heterocycles. The lowest BCUT2D eigenvalue weighted by atomic mass is 10.0. The molecule has 1 aromatic carbocycles. The minimum absolute atomic E-state index is 0.0822. The molecule has 1 amide bonds. The van der Waals surface area contributed by atoms with Crippen LogP contribution in [0.1, 0.15) is 34.6 Å². The Kier molecular flexibility index (Phi) is 3.40. The van der Waals surface area contributed by atoms with Crippen LogP contribution in [0.4, 0.5) is 5.69 Å². The minimum Gasteiger partial charge on any atom is -0.478 e. The van der Waals surface area contributed by atoms with E-state index in [4.69, 9.17) is 5.11 Å². The molecule has 84 valence electrons. The van der Waals surface area contributed by atoms with E-state index in [0.717, 1.165) is 0 Å². The molecule has 5 nitrogen and oxygen atoms in total. The van der Waals surface area contributed by atoms with Gasteiger partial charge >= 0.3 is 5.97 Å². The Labute approximate surface area is 92.1 Å². The van der Waals surface area contributed by atoms with Crippen LogP contribution in [-0.4, -0.2) is 22.8 Å². The van der Waals surface area contributed by atoms with Gasteiger partial charge in [-0.1, -0.05) is 12.1 Å². The van der Waals surface area contributed by atoms with Crippen molar-refractivity contribution in [3.8, 4) is 0 Å². The van der Waals surface area contributed by atoms with E-state index in [1.807, 2.05) is 0 Å². The van der Waals surface area contributed by atoms with Gasteiger partial charge in [0.2, 0.25) is 5.91 Å². The fourth-order valence-corrected chi connectivity index (χ4v) is 1.37. The number of ketones is 1. The number of nitrogens with one attached hydrogen (secondary N) is 1. The molecule has 0 aromatic heterocycles. The van der Waals surface area contributed by atoms with Crippen LogP contribution in [0.25, 0.3) is 0 Å². The van der Waals surface area contributed by atoms with Crippen LogP contribution in [-0.2, 0) is 4.79 Å². The number of rotatable bonds is 3. The Morgan fingerprint density at radius 2 is 1.81 bits per heavy atom. The van der Waals surface area contributed by atoms with Crippen LogP contribution in [0.15, 0.2) is 18.2 Å². The van der Waals surface area contributed by atoms with Crippen LogP contribution in [0.2, 0.25) is 0 Å². The largest absolute Gasteiger partial charge is 0.478 e. The lowest BCUT2D eigenvalue weighted by molar-refractivity contribution is -0.114. The van der Waals surface area contributed by atoms with E-state index in [2.05, 4.69) is 5.32 Å². The van der Waals surface area contributed by atoms with E-state index in [1.54, 1.807) is 0 Å². The zero-order chi connectivity index (χ0) is 12.3. The highest BCUT2D eigenvalue weighted by atomic mass is 16.4. The summed E-state index contributed by atoms with van der Waals surface area (Å²) in [5.74, 6) is -1.98. The maximum absolute atomic E-state index is 11.2. The lowest BCUT2D eigenvalue weighted by Crippen LogP contribution is -2.14. The third-order valence-corrected chi connectivity index (χ3v) is 1.97. The second kappa shape index (κ2) is 4.57. The first-order valence-electron chi connectivity index (χ1n) is 4.58. The maximum atomic E-state index is 11.2. The summed E-state index contributed by atoms with van der Waals surface area (Å²) >= 11 is 0. The van der Waals surface area contributed by atoms with E-state index in [0.29, 0.717) is 0 Å². The zero-order valence-electron chi connectivity index (χ0n) is 8.90. The van der Waals surface area contributed by atoms with Crippen LogP contribution >= 0.6 is 0 Å². The summed E-state index contributed by atoms with van der Waals surface area (Å²) in [5, 5.41) is 11.4. The molecule has 0 spiro atoms. The van der Waals surface area contributed by atoms with Crippen molar-refractivity contribution in [3.63, 3.8) is 0 Å². The second-order valence-electron chi connectivity index (χ2n) is 3.27. The monoisotopic (exact) mass is 221 g/mol. The molecule has 2 N–H and O–H groups in total. The summed E-state index contributed by atoms with van der Waals surface area (Å²) in [5.41, 5.74) is 0.0386. The van der Waals surface area contributed by atoms with Crippen LogP contribution in [0.3, 0.4) is 0 Å². The molecule has 0 heterocycles. The van der Waals surface area contributed by atoms with Crippen molar-refractivity contribution in [3.05, 3.63) is 29.3 Å². The van der Waals surface area contributed by atoms with E-state index < -0.39 is 5.97 Å². The van der Waals surface area contributed by atoms with Gasteiger partial charge in [-0.05, 0) is 13.0 Å². The molecule has 0 aliphatic heterocycles. The number of amides is 1. The van der Waals surface area contributed by atoms with Gasteiger partial charge in [0, 0.05) is 12.5 Å². The Bertz CT molecular complexity index is 465. The third kappa shape index (κ3) is 2.44. The first-order valence-corrected chi connectivity index (χ1v) is 4.58. The van der Waals surface area contributed by atoms with Crippen molar-refractivity contribution in [2.24, 2.45) is 0 Å². The van der Waals surface area contributed by atoms with Crippen LogP contribution in [0.5, 0.6) is 0 Å². The second-order valence-corrected chi connectivity index (χ2v) is 3.27. The summed E-state index contributed by atoms with van der Waals surface area (Å²) in [6, 6.07) is 4.38. The molecule has 1 aromatic rings. The molecule has 0 aliphatic rings. The average molecular weight is 221 g/mol. The van der Waals surface area contributed by atoms with E-state index in [9.17, 15) is 14.4 Å². The van der Waals surface area contributed by atoms with Crippen molar-refractivity contribution >= 4 is 23.3 Å². The molecule has 1 rings (SSSR count). The van der Waals surface area contributed by atoms with Crippen molar-refractivity contribution in [2.45, 2.75) is 13.8 Å². The number of carboxylic acids is 1. The molecule has 0 bridgehead atoms. The van der Waals surface area contributed by atoms with Gasteiger partial charge in [0.15, 0.2) is 5.78 Å². The summed E-state index contributed by atoms with van der Waals surface area (Å²) < 4.78 is 0. The van der Waals surface area contributed by atoms with Gasteiger partial charge in [0.1, 0.15) is 0 Å². The quantitative estimate of drug-likeness (QED) is 0.758. The van der Waals surface area contributed by atoms with E-state index in [1.165, 1.54) is 32.0 Å². The molecule has 0 unspecified atom stereocenters. The molecule has 0 radical (unpaired) electrons. The Morgan fingerprint density at radius 3 is 2.25 bits per heavy atom. The minimum atomic E-state index is -1.24. The van der Waals surface area contributed by atoms with Gasteiger partial charge in [-0.2, -0.15) is 0 Å². The fourth-order valence-electron chi connectivity index (χ4n) is 1.37. The number of carbonyl (C=O) groups excluding carboxylic acids is 2. The summed E-state index contributed by atoms with van der Waals surface area (Å²) in [6.45, 7) is 2.55. The lowest BCUT2D eigenvalue weighted by Gasteiger charge is -2.09. The summed E-state index contributed by atoms with van der Waals surface area (Å²) in [6.07, 6.45) is 0. The predicted octanol–water partition coefficient (Wildman–Crippen LogP) is 1.55. The van der Waals surface area contributed by atoms with Gasteiger partial charge in [0.05, 0.1) is 11.3 Å². The number of hydrogen-bond acceptors (Lipinski definition) is 3. The first kappa shape index (κ1) is 11.9. The SMILES string of the molecule is CC(=O)Nc1cccc(C(C)=O)c1C(=O)O. The van der Waals surface area contributed by atoms with Gasteiger partial charge in [0.25, 0.3) is 0 Å². The molecule has 16 heavy (non-hydrogen) atoms. The molecule has 0 fully saturated rings. The molecule has 0 saturated carbocycles. The number of hydrogen-bond donors (Lipinski definition) is 2. The Balaban J connectivity index is 3.38. The van der Waals surface area contributed by atoms with Gasteiger partial charge < -0.3 is 10.4 Å². The number of aromatic carboxylic acids is 1. The smallest absolute Gasteiger partial charge is 0.338 e. The molecular weight excluding hydrogens is 210 g/mol. The van der Waals surface area contributed by atoms with Crippen molar-refractivity contribution < 1.29 is 19.5 Å². The first-order chi connectivity index (χ1) is 7.43. The molecule has 0 aliphatic carbocycles. The van der Waals surface area contributed by atoms with Gasteiger partial charge in [-0.15, -0.1) is 0 Å². The number of carboxylic acid groups (broad SMARTS) is 1. The number of Topliss-reactive ketones (excluding diaryl/α,β-unsaturated/α-hetero) is 1. The summed E-state index contributed by atoms with van der Waals surface area (Å²) in [4.78, 5) is 33.1. The highest BCUT2D eigenvalue weighted by Crippen LogP contribution is 2.20. The normalized spacial score (nSPS) is 9.62. The van der Waals surface area contributed by atoms with E-state index >= 15 is 0 Å². The molecular formula is C11H11NO4. The zero-order valence-corrected chi connectivity index (χ0v) is 8.90. The molecule has 0 atom stereocenters. The fraction of sp³-hybridized carbons (Fsp3) is 0.182. The number of benzene rings is 1.